The molecule has 1 aromatic carbocycles. The van der Waals surface area contributed by atoms with Crippen LogP contribution in [0.1, 0.15) is 30.1 Å². The number of ketones is 1. The van der Waals surface area contributed by atoms with E-state index in [0.717, 1.165) is 37.2 Å². The lowest BCUT2D eigenvalue weighted by Crippen LogP contribution is -2.35. The lowest BCUT2D eigenvalue weighted by Gasteiger charge is -2.31. The Labute approximate surface area is 95.7 Å². The second-order valence-electron chi connectivity index (χ2n) is 4.32. The van der Waals surface area contributed by atoms with Gasteiger partial charge in [0.05, 0.1) is 6.10 Å². The molecule has 0 spiro atoms. The molecule has 0 aromatic heterocycles. The van der Waals surface area contributed by atoms with Gasteiger partial charge in [-0.15, -0.1) is 0 Å². The van der Waals surface area contributed by atoms with Crippen molar-refractivity contribution in [1.82, 2.24) is 0 Å². The van der Waals surface area contributed by atoms with E-state index >= 15 is 0 Å². The van der Waals surface area contributed by atoms with Gasteiger partial charge in [-0.2, -0.15) is 0 Å². The number of Topliss-reactive ketones (excluding diaryl/α,β-unsaturated/α-hetero) is 1. The van der Waals surface area contributed by atoms with E-state index < -0.39 is 0 Å². The Morgan fingerprint density at radius 3 is 2.31 bits per heavy atom. The van der Waals surface area contributed by atoms with Crippen LogP contribution in [0.15, 0.2) is 24.3 Å². The van der Waals surface area contributed by atoms with Crippen LogP contribution >= 0.6 is 0 Å². The molecule has 0 bridgehead atoms. The molecule has 1 aliphatic heterocycles. The van der Waals surface area contributed by atoms with Gasteiger partial charge in [0.2, 0.25) is 0 Å². The number of rotatable bonds is 2. The number of hydrogen-bond donors (Lipinski definition) is 1. The number of benzene rings is 1. The van der Waals surface area contributed by atoms with Crippen molar-refractivity contribution in [3.05, 3.63) is 29.8 Å². The summed E-state index contributed by atoms with van der Waals surface area (Å²) in [6.07, 6.45) is 1.51. The van der Waals surface area contributed by atoms with Crippen LogP contribution in [0.3, 0.4) is 0 Å². The van der Waals surface area contributed by atoms with Gasteiger partial charge in [-0.1, -0.05) is 0 Å². The van der Waals surface area contributed by atoms with Crippen molar-refractivity contribution < 1.29 is 9.90 Å². The fourth-order valence-corrected chi connectivity index (χ4v) is 2.03. The number of carbonyl (C=O) groups excluding carboxylic acids is 1. The van der Waals surface area contributed by atoms with E-state index in [9.17, 15) is 9.90 Å². The SMILES string of the molecule is CC(=O)c1ccc(N2CCC(O)CC2)cc1. The highest BCUT2D eigenvalue weighted by Crippen LogP contribution is 2.20. The van der Waals surface area contributed by atoms with Crippen LogP contribution in [-0.4, -0.2) is 30.1 Å². The molecule has 3 heteroatoms. The van der Waals surface area contributed by atoms with E-state index in [2.05, 4.69) is 4.90 Å². The molecule has 1 N–H and O–H groups in total. The van der Waals surface area contributed by atoms with Crippen molar-refractivity contribution in [2.24, 2.45) is 0 Å². The highest BCUT2D eigenvalue weighted by molar-refractivity contribution is 5.94. The zero-order chi connectivity index (χ0) is 11.5. The summed E-state index contributed by atoms with van der Waals surface area (Å²) in [7, 11) is 0. The zero-order valence-corrected chi connectivity index (χ0v) is 9.52. The summed E-state index contributed by atoms with van der Waals surface area (Å²) in [5, 5.41) is 9.42. The maximum atomic E-state index is 11.1. The van der Waals surface area contributed by atoms with E-state index in [1.165, 1.54) is 0 Å². The minimum absolute atomic E-state index is 0.0978. The lowest BCUT2D eigenvalue weighted by atomic mass is 10.1. The molecule has 1 fully saturated rings. The van der Waals surface area contributed by atoms with Gasteiger partial charge in [0.15, 0.2) is 5.78 Å². The van der Waals surface area contributed by atoms with Crippen molar-refractivity contribution in [1.29, 1.82) is 0 Å². The Bertz CT molecular complexity index is 364. The predicted molar refractivity (Wildman–Crippen MR) is 63.9 cm³/mol. The highest BCUT2D eigenvalue weighted by atomic mass is 16.3. The first kappa shape index (κ1) is 11.1. The molecule has 2 rings (SSSR count). The fourth-order valence-electron chi connectivity index (χ4n) is 2.03. The zero-order valence-electron chi connectivity index (χ0n) is 9.52. The average Bonchev–Trinajstić information content (AvgIpc) is 2.30. The Hall–Kier alpha value is -1.35. The number of aliphatic hydroxyl groups is 1. The Morgan fingerprint density at radius 2 is 1.81 bits per heavy atom. The van der Waals surface area contributed by atoms with E-state index in [0.29, 0.717) is 0 Å². The highest BCUT2D eigenvalue weighted by Gasteiger charge is 2.17. The smallest absolute Gasteiger partial charge is 0.159 e. The number of hydrogen-bond acceptors (Lipinski definition) is 3. The molecule has 0 amide bonds. The van der Waals surface area contributed by atoms with Crippen molar-refractivity contribution in [3.63, 3.8) is 0 Å². The summed E-state index contributed by atoms with van der Waals surface area (Å²) in [5.74, 6) is 0.0978. The van der Waals surface area contributed by atoms with E-state index in [1.807, 2.05) is 24.3 Å². The third-order valence-corrected chi connectivity index (χ3v) is 3.10. The van der Waals surface area contributed by atoms with Crippen molar-refractivity contribution in [2.45, 2.75) is 25.9 Å². The van der Waals surface area contributed by atoms with Gasteiger partial charge in [0, 0.05) is 24.3 Å². The van der Waals surface area contributed by atoms with Crippen LogP contribution in [0.2, 0.25) is 0 Å². The molecule has 0 atom stereocenters. The molecule has 86 valence electrons. The summed E-state index contributed by atoms with van der Waals surface area (Å²) < 4.78 is 0. The molecule has 1 aromatic rings. The van der Waals surface area contributed by atoms with Crippen LogP contribution < -0.4 is 4.90 Å². The molecule has 0 saturated carbocycles. The van der Waals surface area contributed by atoms with Gasteiger partial charge in [-0.25, -0.2) is 0 Å². The number of nitrogens with zero attached hydrogens (tertiary/aromatic N) is 1. The van der Waals surface area contributed by atoms with E-state index in [4.69, 9.17) is 0 Å². The summed E-state index contributed by atoms with van der Waals surface area (Å²) in [5.41, 5.74) is 1.89. The largest absolute Gasteiger partial charge is 0.393 e. The normalized spacial score (nSPS) is 17.5. The Balaban J connectivity index is 2.07. The standard InChI is InChI=1S/C13H17NO2/c1-10(15)11-2-4-12(5-3-11)14-8-6-13(16)7-9-14/h2-5,13,16H,6-9H2,1H3. The second kappa shape index (κ2) is 4.66. The van der Waals surface area contributed by atoms with Gasteiger partial charge in [0.1, 0.15) is 0 Å². The fraction of sp³-hybridized carbons (Fsp3) is 0.462. The third kappa shape index (κ3) is 2.42. The molecule has 0 radical (unpaired) electrons. The molecule has 16 heavy (non-hydrogen) atoms. The van der Waals surface area contributed by atoms with Gasteiger partial charge in [-0.05, 0) is 44.0 Å². The molecular weight excluding hydrogens is 202 g/mol. The van der Waals surface area contributed by atoms with Crippen LogP contribution in [-0.2, 0) is 0 Å². The number of anilines is 1. The van der Waals surface area contributed by atoms with Crippen LogP contribution in [0.25, 0.3) is 0 Å². The summed E-state index contributed by atoms with van der Waals surface area (Å²) >= 11 is 0. The van der Waals surface area contributed by atoms with Gasteiger partial charge in [-0.3, -0.25) is 4.79 Å². The first-order chi connectivity index (χ1) is 7.66. The maximum Gasteiger partial charge on any atom is 0.159 e. The van der Waals surface area contributed by atoms with Crippen molar-refractivity contribution in [2.75, 3.05) is 18.0 Å². The third-order valence-electron chi connectivity index (χ3n) is 3.10. The molecule has 1 saturated heterocycles. The summed E-state index contributed by atoms with van der Waals surface area (Å²) in [6, 6.07) is 7.69. The predicted octanol–water partition coefficient (Wildman–Crippen LogP) is 1.85. The minimum atomic E-state index is -0.146. The molecule has 0 aliphatic carbocycles. The lowest BCUT2D eigenvalue weighted by molar-refractivity contribution is 0.101. The maximum absolute atomic E-state index is 11.1. The minimum Gasteiger partial charge on any atom is -0.393 e. The molecular formula is C13H17NO2. The Kier molecular flexibility index (Phi) is 3.25. The number of aliphatic hydroxyl groups excluding tert-OH is 1. The van der Waals surface area contributed by atoms with E-state index in [1.54, 1.807) is 6.92 Å². The number of piperidine rings is 1. The molecule has 0 unspecified atom stereocenters. The first-order valence-corrected chi connectivity index (χ1v) is 5.71. The molecule has 1 aliphatic rings. The Morgan fingerprint density at radius 1 is 1.25 bits per heavy atom. The van der Waals surface area contributed by atoms with Crippen LogP contribution in [0.4, 0.5) is 5.69 Å². The van der Waals surface area contributed by atoms with Crippen LogP contribution in [0, 0.1) is 0 Å². The summed E-state index contributed by atoms with van der Waals surface area (Å²) in [6.45, 7) is 3.35. The first-order valence-electron chi connectivity index (χ1n) is 5.71. The monoisotopic (exact) mass is 219 g/mol. The summed E-state index contributed by atoms with van der Waals surface area (Å²) in [4.78, 5) is 13.4. The quantitative estimate of drug-likeness (QED) is 0.772. The number of carbonyl (C=O) groups is 1. The molecule has 3 nitrogen and oxygen atoms in total. The van der Waals surface area contributed by atoms with Crippen LogP contribution in [0.5, 0.6) is 0 Å². The average molecular weight is 219 g/mol. The van der Waals surface area contributed by atoms with Gasteiger partial charge < -0.3 is 10.0 Å². The topological polar surface area (TPSA) is 40.5 Å². The van der Waals surface area contributed by atoms with E-state index in [-0.39, 0.29) is 11.9 Å². The van der Waals surface area contributed by atoms with Crippen molar-refractivity contribution in [3.8, 4) is 0 Å². The van der Waals surface area contributed by atoms with Crippen molar-refractivity contribution >= 4 is 11.5 Å². The second-order valence-corrected chi connectivity index (χ2v) is 4.32. The van der Waals surface area contributed by atoms with Gasteiger partial charge in [0.25, 0.3) is 0 Å². The van der Waals surface area contributed by atoms with Gasteiger partial charge >= 0.3 is 0 Å². The molecule has 1 heterocycles.